The van der Waals surface area contributed by atoms with E-state index in [0.717, 1.165) is 61.4 Å². The zero-order valence-corrected chi connectivity index (χ0v) is 16.1. The van der Waals surface area contributed by atoms with Gasteiger partial charge in [0.05, 0.1) is 11.6 Å². The van der Waals surface area contributed by atoms with Crippen molar-refractivity contribution in [2.45, 2.75) is 57.9 Å². The maximum absolute atomic E-state index is 12.4. The van der Waals surface area contributed by atoms with Gasteiger partial charge in [0, 0.05) is 37.5 Å². The lowest BCUT2D eigenvalue weighted by Gasteiger charge is -2.34. The number of hydrogen-bond donors (Lipinski definition) is 1. The molecule has 0 radical (unpaired) electrons. The third-order valence-electron chi connectivity index (χ3n) is 5.26. The van der Waals surface area contributed by atoms with Crippen molar-refractivity contribution in [3.05, 3.63) is 12.0 Å². The summed E-state index contributed by atoms with van der Waals surface area (Å²) in [6, 6.07) is 0.220. The average Bonchev–Trinajstić information content (AvgIpc) is 3.37. The molecule has 2 fully saturated rings. The van der Waals surface area contributed by atoms with Crippen molar-refractivity contribution in [2.24, 2.45) is 13.0 Å². The predicted octanol–water partition coefficient (Wildman–Crippen LogP) is 2.47. The lowest BCUT2D eigenvalue weighted by atomic mass is 9.95. The zero-order valence-electron chi connectivity index (χ0n) is 16.1. The Morgan fingerprint density at radius 2 is 2.00 bits per heavy atom. The van der Waals surface area contributed by atoms with Gasteiger partial charge in [-0.15, -0.1) is 0 Å². The molecular formula is C19H28N6O. The Bertz CT molecular complexity index is 832. The van der Waals surface area contributed by atoms with Crippen LogP contribution < -0.4 is 5.32 Å². The fourth-order valence-electron chi connectivity index (χ4n) is 3.54. The highest BCUT2D eigenvalue weighted by Gasteiger charge is 2.35. The Kier molecular flexibility index (Phi) is 4.12. The van der Waals surface area contributed by atoms with Gasteiger partial charge in [0.2, 0.25) is 5.91 Å². The Labute approximate surface area is 154 Å². The Balaban J connectivity index is 1.60. The van der Waals surface area contributed by atoms with Gasteiger partial charge in [0.1, 0.15) is 11.6 Å². The summed E-state index contributed by atoms with van der Waals surface area (Å²) in [6.45, 7) is 7.99. The molecule has 1 N–H and O–H groups in total. The van der Waals surface area contributed by atoms with Gasteiger partial charge in [-0.1, -0.05) is 20.8 Å². The number of fused-ring (bicyclic) bond motifs is 1. The zero-order chi connectivity index (χ0) is 18.5. The number of anilines is 1. The van der Waals surface area contributed by atoms with Gasteiger partial charge in [-0.05, 0) is 25.7 Å². The smallest absolute Gasteiger partial charge is 0.225 e. The van der Waals surface area contributed by atoms with Crippen molar-refractivity contribution in [3.8, 4) is 0 Å². The molecule has 7 heteroatoms. The number of carbonyl (C=O) groups is 1. The standard InChI is InChI=1S/C19H28N6O/c1-19(2,3)18-22-15(14-10-20-24(4)16(14)23-18)21-13-6-5-9-25(11-13)17(26)12-7-8-12/h10,12-13H,5-9,11H2,1-4H3,(H,21,22,23)/t13-/m0/s1. The molecule has 1 amide bonds. The molecule has 1 aliphatic heterocycles. The molecule has 2 aromatic heterocycles. The van der Waals surface area contributed by atoms with Gasteiger partial charge in [0.15, 0.2) is 5.65 Å². The Hall–Kier alpha value is -2.18. The highest BCUT2D eigenvalue weighted by Crippen LogP contribution is 2.32. The first-order valence-electron chi connectivity index (χ1n) is 9.58. The molecule has 0 spiro atoms. The molecule has 1 aliphatic carbocycles. The number of piperidine rings is 1. The minimum atomic E-state index is -0.143. The van der Waals surface area contributed by atoms with E-state index in [1.165, 1.54) is 0 Å². The summed E-state index contributed by atoms with van der Waals surface area (Å²) in [5, 5.41) is 8.89. The normalized spacial score (nSPS) is 21.2. The third kappa shape index (κ3) is 3.27. The maximum atomic E-state index is 12.4. The second-order valence-electron chi connectivity index (χ2n) is 8.69. The number of rotatable bonds is 3. The van der Waals surface area contributed by atoms with Gasteiger partial charge >= 0.3 is 0 Å². The molecule has 0 aromatic carbocycles. The monoisotopic (exact) mass is 356 g/mol. The quantitative estimate of drug-likeness (QED) is 0.914. The molecule has 0 unspecified atom stereocenters. The largest absolute Gasteiger partial charge is 0.365 e. The van der Waals surface area contributed by atoms with E-state index in [0.29, 0.717) is 5.91 Å². The number of amides is 1. The van der Waals surface area contributed by atoms with Crippen molar-refractivity contribution in [2.75, 3.05) is 18.4 Å². The molecule has 2 aromatic rings. The molecule has 3 heterocycles. The van der Waals surface area contributed by atoms with E-state index >= 15 is 0 Å². The van der Waals surface area contributed by atoms with Crippen LogP contribution in [0.25, 0.3) is 11.0 Å². The van der Waals surface area contributed by atoms with Crippen molar-refractivity contribution in [1.29, 1.82) is 0 Å². The molecule has 2 aliphatic rings. The summed E-state index contributed by atoms with van der Waals surface area (Å²) in [5.74, 6) is 2.25. The second-order valence-corrected chi connectivity index (χ2v) is 8.69. The van der Waals surface area contributed by atoms with Crippen LogP contribution in [0.3, 0.4) is 0 Å². The number of hydrogen-bond acceptors (Lipinski definition) is 5. The van der Waals surface area contributed by atoms with Crippen LogP contribution in [0.5, 0.6) is 0 Å². The van der Waals surface area contributed by atoms with Crippen molar-refractivity contribution in [3.63, 3.8) is 0 Å². The summed E-state index contributed by atoms with van der Waals surface area (Å²) in [6.07, 6.45) is 6.02. The predicted molar refractivity (Wildman–Crippen MR) is 101 cm³/mol. The first-order valence-corrected chi connectivity index (χ1v) is 9.58. The lowest BCUT2D eigenvalue weighted by molar-refractivity contribution is -0.133. The van der Waals surface area contributed by atoms with E-state index in [2.05, 4.69) is 31.2 Å². The molecule has 1 atom stereocenters. The van der Waals surface area contributed by atoms with Crippen LogP contribution in [0.15, 0.2) is 6.20 Å². The number of carbonyl (C=O) groups excluding carboxylic acids is 1. The Morgan fingerprint density at radius 1 is 1.23 bits per heavy atom. The van der Waals surface area contributed by atoms with Gasteiger partial charge in [-0.3, -0.25) is 9.48 Å². The maximum Gasteiger partial charge on any atom is 0.225 e. The Morgan fingerprint density at radius 3 is 2.69 bits per heavy atom. The molecular weight excluding hydrogens is 328 g/mol. The van der Waals surface area contributed by atoms with Gasteiger partial charge in [-0.25, -0.2) is 9.97 Å². The fourth-order valence-corrected chi connectivity index (χ4v) is 3.54. The van der Waals surface area contributed by atoms with Gasteiger partial charge in [0.25, 0.3) is 0 Å². The molecule has 4 rings (SSSR count). The minimum Gasteiger partial charge on any atom is -0.365 e. The van der Waals surface area contributed by atoms with Crippen molar-refractivity contribution >= 4 is 22.8 Å². The van der Waals surface area contributed by atoms with Crippen LogP contribution >= 0.6 is 0 Å². The van der Waals surface area contributed by atoms with Gasteiger partial charge < -0.3 is 10.2 Å². The third-order valence-corrected chi connectivity index (χ3v) is 5.26. The highest BCUT2D eigenvalue weighted by molar-refractivity contribution is 5.86. The summed E-state index contributed by atoms with van der Waals surface area (Å²) >= 11 is 0. The van der Waals surface area contributed by atoms with Crippen LogP contribution in [0, 0.1) is 5.92 Å². The summed E-state index contributed by atoms with van der Waals surface area (Å²) in [4.78, 5) is 24.0. The van der Waals surface area contributed by atoms with E-state index < -0.39 is 0 Å². The van der Waals surface area contributed by atoms with E-state index in [4.69, 9.17) is 9.97 Å². The average molecular weight is 356 g/mol. The molecule has 1 saturated heterocycles. The topological polar surface area (TPSA) is 75.9 Å². The number of nitrogens with one attached hydrogen (secondary N) is 1. The molecule has 0 bridgehead atoms. The fraction of sp³-hybridized carbons (Fsp3) is 0.684. The number of aryl methyl sites for hydroxylation is 1. The number of aromatic nitrogens is 4. The van der Waals surface area contributed by atoms with Crippen molar-refractivity contribution < 1.29 is 4.79 Å². The minimum absolute atomic E-state index is 0.143. The van der Waals surface area contributed by atoms with E-state index in [9.17, 15) is 4.79 Å². The van der Waals surface area contributed by atoms with Crippen LogP contribution in [0.2, 0.25) is 0 Å². The van der Waals surface area contributed by atoms with E-state index in [-0.39, 0.29) is 17.4 Å². The first kappa shape index (κ1) is 17.2. The van der Waals surface area contributed by atoms with E-state index in [1.807, 2.05) is 18.1 Å². The lowest BCUT2D eigenvalue weighted by Crippen LogP contribution is -2.45. The number of nitrogens with zero attached hydrogens (tertiary/aromatic N) is 5. The summed E-state index contributed by atoms with van der Waals surface area (Å²) < 4.78 is 1.79. The molecule has 26 heavy (non-hydrogen) atoms. The summed E-state index contributed by atoms with van der Waals surface area (Å²) in [7, 11) is 1.90. The number of likely N-dealkylation sites (tertiary alicyclic amines) is 1. The van der Waals surface area contributed by atoms with E-state index in [1.54, 1.807) is 4.68 Å². The van der Waals surface area contributed by atoms with Crippen LogP contribution in [-0.2, 0) is 17.3 Å². The van der Waals surface area contributed by atoms with Gasteiger partial charge in [-0.2, -0.15) is 5.10 Å². The molecule has 7 nitrogen and oxygen atoms in total. The highest BCUT2D eigenvalue weighted by atomic mass is 16.2. The summed E-state index contributed by atoms with van der Waals surface area (Å²) in [5.41, 5.74) is 0.698. The SMILES string of the molecule is Cn1ncc2c(N[C@H]3CCCN(C(=O)C4CC4)C3)nc(C(C)(C)C)nc21. The molecule has 1 saturated carbocycles. The van der Waals surface area contributed by atoms with Crippen LogP contribution in [-0.4, -0.2) is 49.7 Å². The van der Waals surface area contributed by atoms with Crippen LogP contribution in [0.1, 0.15) is 52.3 Å². The van der Waals surface area contributed by atoms with Crippen molar-refractivity contribution in [1.82, 2.24) is 24.6 Å². The first-order chi connectivity index (χ1) is 12.3. The van der Waals surface area contributed by atoms with Crippen LogP contribution in [0.4, 0.5) is 5.82 Å². The molecule has 140 valence electrons. The second kappa shape index (κ2) is 6.21.